The fourth-order valence-electron chi connectivity index (χ4n) is 2.54. The van der Waals surface area contributed by atoms with Crippen LogP contribution in [0.15, 0.2) is 48.5 Å². The van der Waals surface area contributed by atoms with Crippen molar-refractivity contribution in [2.45, 2.75) is 18.9 Å². The van der Waals surface area contributed by atoms with Crippen molar-refractivity contribution in [3.8, 4) is 11.5 Å². The zero-order valence-electron chi connectivity index (χ0n) is 13.9. The lowest BCUT2D eigenvalue weighted by atomic mass is 10.2. The van der Waals surface area contributed by atoms with Gasteiger partial charge in [-0.05, 0) is 55.3 Å². The van der Waals surface area contributed by atoms with Gasteiger partial charge in [-0.2, -0.15) is 0 Å². The number of carbonyl (C=O) groups excluding carboxylic acids is 2. The van der Waals surface area contributed by atoms with Crippen LogP contribution in [0, 0.1) is 0 Å². The number of esters is 1. The highest BCUT2D eigenvalue weighted by atomic mass is 16.5. The van der Waals surface area contributed by atoms with E-state index in [1.54, 1.807) is 55.6 Å². The number of rotatable bonds is 5. The van der Waals surface area contributed by atoms with E-state index in [1.807, 2.05) is 0 Å². The molecule has 0 aromatic heterocycles. The second-order valence-corrected chi connectivity index (χ2v) is 5.64. The maximum Gasteiger partial charge on any atom is 0.343 e. The molecule has 1 unspecified atom stereocenters. The number of hydrogen-bond acceptors (Lipinski definition) is 5. The molecule has 1 aliphatic heterocycles. The molecule has 1 N–H and O–H groups in total. The van der Waals surface area contributed by atoms with E-state index in [0.29, 0.717) is 35.8 Å². The summed E-state index contributed by atoms with van der Waals surface area (Å²) in [5, 5.41) is 2.77. The Hall–Kier alpha value is -2.86. The Morgan fingerprint density at radius 2 is 1.88 bits per heavy atom. The van der Waals surface area contributed by atoms with E-state index < -0.39 is 12.1 Å². The average Bonchev–Trinajstić information content (AvgIpc) is 3.17. The second-order valence-electron chi connectivity index (χ2n) is 5.64. The lowest BCUT2D eigenvalue weighted by Crippen LogP contribution is -2.26. The molecule has 0 saturated carbocycles. The van der Waals surface area contributed by atoms with Crippen LogP contribution in [0.25, 0.3) is 0 Å². The van der Waals surface area contributed by atoms with Crippen LogP contribution < -0.4 is 14.8 Å². The van der Waals surface area contributed by atoms with Crippen LogP contribution in [-0.4, -0.2) is 31.7 Å². The summed E-state index contributed by atoms with van der Waals surface area (Å²) >= 11 is 0. The van der Waals surface area contributed by atoms with E-state index in [2.05, 4.69) is 5.32 Å². The molecule has 0 radical (unpaired) electrons. The maximum absolute atomic E-state index is 12.3. The maximum atomic E-state index is 12.3. The van der Waals surface area contributed by atoms with Crippen molar-refractivity contribution in [2.24, 2.45) is 0 Å². The van der Waals surface area contributed by atoms with Gasteiger partial charge in [0.25, 0.3) is 5.91 Å². The van der Waals surface area contributed by atoms with E-state index in [0.717, 1.165) is 6.42 Å². The molecule has 0 aliphatic carbocycles. The third-order valence-corrected chi connectivity index (χ3v) is 3.86. The Morgan fingerprint density at radius 3 is 2.56 bits per heavy atom. The molecule has 3 rings (SSSR count). The van der Waals surface area contributed by atoms with Crippen molar-refractivity contribution >= 4 is 17.6 Å². The van der Waals surface area contributed by atoms with Gasteiger partial charge in [0, 0.05) is 12.3 Å². The summed E-state index contributed by atoms with van der Waals surface area (Å²) in [4.78, 5) is 24.4. The first-order valence-electron chi connectivity index (χ1n) is 8.04. The summed E-state index contributed by atoms with van der Waals surface area (Å²) in [5.41, 5.74) is 0.880. The predicted molar refractivity (Wildman–Crippen MR) is 92.0 cm³/mol. The molecule has 6 nitrogen and oxygen atoms in total. The molecule has 1 heterocycles. The van der Waals surface area contributed by atoms with E-state index >= 15 is 0 Å². The van der Waals surface area contributed by atoms with Crippen molar-refractivity contribution < 1.29 is 23.8 Å². The summed E-state index contributed by atoms with van der Waals surface area (Å²) in [6.07, 6.45) is 1.17. The monoisotopic (exact) mass is 341 g/mol. The highest BCUT2D eigenvalue weighted by molar-refractivity contribution is 5.97. The minimum atomic E-state index is -0.501. The van der Waals surface area contributed by atoms with Gasteiger partial charge in [-0.25, -0.2) is 4.79 Å². The third-order valence-electron chi connectivity index (χ3n) is 3.86. The number of benzene rings is 2. The standard InChI is InChI=1S/C19H19NO5/c1-23-15-7-9-16(10-8-15)25-19(22)13-4-2-5-14(12-13)20-18(21)17-6-3-11-24-17/h2,4-5,7-10,12,17H,3,6,11H2,1H3,(H,20,21). The number of amides is 1. The highest BCUT2D eigenvalue weighted by Gasteiger charge is 2.23. The Balaban J connectivity index is 1.65. The van der Waals surface area contributed by atoms with E-state index in [4.69, 9.17) is 14.2 Å². The second kappa shape index (κ2) is 7.81. The molecule has 2 aromatic carbocycles. The van der Waals surface area contributed by atoms with Crippen LogP contribution in [0.3, 0.4) is 0 Å². The molecule has 6 heteroatoms. The first-order chi connectivity index (χ1) is 12.2. The Bertz CT molecular complexity index is 751. The topological polar surface area (TPSA) is 73.9 Å². The van der Waals surface area contributed by atoms with Crippen molar-refractivity contribution in [3.05, 3.63) is 54.1 Å². The Morgan fingerprint density at radius 1 is 1.12 bits per heavy atom. The van der Waals surface area contributed by atoms with E-state index in [1.165, 1.54) is 0 Å². The van der Waals surface area contributed by atoms with Crippen LogP contribution in [0.1, 0.15) is 23.2 Å². The normalized spacial score (nSPS) is 16.3. The van der Waals surface area contributed by atoms with Gasteiger partial charge in [-0.15, -0.1) is 0 Å². The molecule has 25 heavy (non-hydrogen) atoms. The van der Waals surface area contributed by atoms with Crippen molar-refractivity contribution in [1.82, 2.24) is 0 Å². The van der Waals surface area contributed by atoms with Crippen molar-refractivity contribution in [1.29, 1.82) is 0 Å². The number of nitrogens with one attached hydrogen (secondary N) is 1. The quantitative estimate of drug-likeness (QED) is 0.668. The average molecular weight is 341 g/mol. The zero-order valence-corrected chi connectivity index (χ0v) is 13.9. The molecular weight excluding hydrogens is 322 g/mol. The molecular formula is C19H19NO5. The Labute approximate surface area is 145 Å². The number of methoxy groups -OCH3 is 1. The number of carbonyl (C=O) groups is 2. The predicted octanol–water partition coefficient (Wildman–Crippen LogP) is 3.03. The third kappa shape index (κ3) is 4.36. The molecule has 1 amide bonds. The highest BCUT2D eigenvalue weighted by Crippen LogP contribution is 2.20. The fourth-order valence-corrected chi connectivity index (χ4v) is 2.54. The SMILES string of the molecule is COc1ccc(OC(=O)c2cccc(NC(=O)C3CCCO3)c2)cc1. The van der Waals surface area contributed by atoms with Crippen LogP contribution >= 0.6 is 0 Å². The minimum absolute atomic E-state index is 0.196. The van der Waals surface area contributed by atoms with Gasteiger partial charge >= 0.3 is 5.97 Å². The first-order valence-corrected chi connectivity index (χ1v) is 8.04. The van der Waals surface area contributed by atoms with Gasteiger partial charge in [0.15, 0.2) is 0 Å². The molecule has 1 fully saturated rings. The molecule has 0 spiro atoms. The minimum Gasteiger partial charge on any atom is -0.497 e. The summed E-state index contributed by atoms with van der Waals surface area (Å²) in [6.45, 7) is 0.603. The molecule has 1 saturated heterocycles. The van der Waals surface area contributed by atoms with Crippen molar-refractivity contribution in [2.75, 3.05) is 19.0 Å². The zero-order chi connectivity index (χ0) is 17.6. The summed E-state index contributed by atoms with van der Waals surface area (Å²) in [5.74, 6) is 0.398. The number of anilines is 1. The lowest BCUT2D eigenvalue weighted by molar-refractivity contribution is -0.124. The van der Waals surface area contributed by atoms with Gasteiger partial charge in [0.05, 0.1) is 12.7 Å². The molecule has 1 aliphatic rings. The summed E-state index contributed by atoms with van der Waals surface area (Å²) in [6, 6.07) is 13.3. The smallest absolute Gasteiger partial charge is 0.343 e. The number of hydrogen-bond donors (Lipinski definition) is 1. The van der Waals surface area contributed by atoms with Gasteiger partial charge in [0.1, 0.15) is 17.6 Å². The molecule has 0 bridgehead atoms. The van der Waals surface area contributed by atoms with E-state index in [-0.39, 0.29) is 5.91 Å². The molecule has 130 valence electrons. The van der Waals surface area contributed by atoms with Gasteiger partial charge < -0.3 is 19.5 Å². The molecule has 1 atom stereocenters. The van der Waals surface area contributed by atoms with E-state index in [9.17, 15) is 9.59 Å². The fraction of sp³-hybridized carbons (Fsp3) is 0.263. The van der Waals surface area contributed by atoms with Crippen LogP contribution in [0.5, 0.6) is 11.5 Å². The van der Waals surface area contributed by atoms with Gasteiger partial charge in [0.2, 0.25) is 0 Å². The van der Waals surface area contributed by atoms with Crippen molar-refractivity contribution in [3.63, 3.8) is 0 Å². The van der Waals surface area contributed by atoms with Crippen LogP contribution in [0.4, 0.5) is 5.69 Å². The number of ether oxygens (including phenoxy) is 3. The summed E-state index contributed by atoms with van der Waals surface area (Å²) in [7, 11) is 1.57. The van der Waals surface area contributed by atoms with Gasteiger partial charge in [-0.3, -0.25) is 4.79 Å². The lowest BCUT2D eigenvalue weighted by Gasteiger charge is -2.11. The largest absolute Gasteiger partial charge is 0.497 e. The Kier molecular flexibility index (Phi) is 5.30. The summed E-state index contributed by atoms with van der Waals surface area (Å²) < 4.78 is 15.7. The van der Waals surface area contributed by atoms with Crippen LogP contribution in [-0.2, 0) is 9.53 Å². The van der Waals surface area contributed by atoms with Gasteiger partial charge in [-0.1, -0.05) is 6.07 Å². The molecule has 2 aromatic rings. The first kappa shape index (κ1) is 17.0. The van der Waals surface area contributed by atoms with Crippen LogP contribution in [0.2, 0.25) is 0 Å².